The summed E-state index contributed by atoms with van der Waals surface area (Å²) in [5.41, 5.74) is 1.56. The first-order chi connectivity index (χ1) is 13.2. The maximum absolute atomic E-state index is 11.9. The van der Waals surface area contributed by atoms with Gasteiger partial charge in [0.15, 0.2) is 0 Å². The number of nitrogens with one attached hydrogen (secondary N) is 2. The van der Waals surface area contributed by atoms with Crippen molar-refractivity contribution < 1.29 is 14.5 Å². The Morgan fingerprint density at radius 2 is 2.04 bits per heavy atom. The third kappa shape index (κ3) is 4.79. The van der Waals surface area contributed by atoms with Crippen molar-refractivity contribution in [3.63, 3.8) is 0 Å². The number of rotatable bonds is 4. The lowest BCUT2D eigenvalue weighted by Crippen LogP contribution is -2.46. The maximum Gasteiger partial charge on any atom is 0.407 e. The summed E-state index contributed by atoms with van der Waals surface area (Å²) in [4.78, 5) is 25.2. The van der Waals surface area contributed by atoms with Crippen LogP contribution in [0.1, 0.15) is 33.6 Å². The molecule has 0 spiro atoms. The summed E-state index contributed by atoms with van der Waals surface area (Å²) in [6.07, 6.45) is 2.57. The molecule has 0 aliphatic carbocycles. The fourth-order valence-corrected chi connectivity index (χ4v) is 3.26. The maximum atomic E-state index is 11.9. The van der Waals surface area contributed by atoms with Gasteiger partial charge in [-0.3, -0.25) is 15.2 Å². The van der Waals surface area contributed by atoms with E-state index < -0.39 is 11.7 Å². The van der Waals surface area contributed by atoms with E-state index in [1.807, 2.05) is 31.7 Å². The van der Waals surface area contributed by atoms with Gasteiger partial charge >= 0.3 is 6.09 Å². The van der Waals surface area contributed by atoms with Crippen LogP contribution in [-0.4, -0.2) is 45.9 Å². The zero-order chi connectivity index (χ0) is 20.3. The van der Waals surface area contributed by atoms with Gasteiger partial charge in [-0.1, -0.05) is 6.07 Å². The monoisotopic (exact) mass is 387 g/mol. The van der Waals surface area contributed by atoms with Gasteiger partial charge in [0.1, 0.15) is 11.3 Å². The van der Waals surface area contributed by atoms with Gasteiger partial charge in [-0.2, -0.15) is 5.10 Å². The minimum absolute atomic E-state index is 0.00516. The average Bonchev–Trinajstić information content (AvgIpc) is 3.15. The predicted molar refractivity (Wildman–Crippen MR) is 105 cm³/mol. The Morgan fingerprint density at radius 1 is 1.32 bits per heavy atom. The number of benzene rings is 1. The van der Waals surface area contributed by atoms with Crippen LogP contribution >= 0.6 is 0 Å². The first kappa shape index (κ1) is 19.7. The highest BCUT2D eigenvalue weighted by Gasteiger charge is 2.27. The Bertz CT molecular complexity index is 837. The summed E-state index contributed by atoms with van der Waals surface area (Å²) >= 11 is 0. The third-order valence-electron chi connectivity index (χ3n) is 4.54. The van der Waals surface area contributed by atoms with E-state index in [2.05, 4.69) is 15.5 Å². The largest absolute Gasteiger partial charge is 0.444 e. The fraction of sp³-hybridized carbons (Fsp3) is 0.474. The molecule has 2 aromatic rings. The lowest BCUT2D eigenvalue weighted by molar-refractivity contribution is -0.384. The number of hydrogen-bond acceptors (Lipinski definition) is 6. The van der Waals surface area contributed by atoms with Gasteiger partial charge in [-0.05, 0) is 45.7 Å². The molecule has 1 saturated heterocycles. The molecule has 1 amide bonds. The van der Waals surface area contributed by atoms with E-state index in [4.69, 9.17) is 4.74 Å². The highest BCUT2D eigenvalue weighted by atomic mass is 16.6. The molecule has 9 nitrogen and oxygen atoms in total. The number of nitrogens with zero attached hydrogens (tertiary/aromatic N) is 3. The highest BCUT2D eigenvalue weighted by molar-refractivity contribution is 5.72. The Labute approximate surface area is 163 Å². The van der Waals surface area contributed by atoms with E-state index >= 15 is 0 Å². The zero-order valence-corrected chi connectivity index (χ0v) is 16.3. The minimum Gasteiger partial charge on any atom is -0.444 e. The first-order valence-corrected chi connectivity index (χ1v) is 9.25. The van der Waals surface area contributed by atoms with Gasteiger partial charge in [0.2, 0.25) is 0 Å². The molecule has 0 unspecified atom stereocenters. The Hall–Kier alpha value is -3.10. The molecule has 2 N–H and O–H groups in total. The smallest absolute Gasteiger partial charge is 0.407 e. The van der Waals surface area contributed by atoms with E-state index in [1.54, 1.807) is 24.4 Å². The Kier molecular flexibility index (Phi) is 5.53. The van der Waals surface area contributed by atoms with E-state index in [-0.39, 0.29) is 16.7 Å². The summed E-state index contributed by atoms with van der Waals surface area (Å²) < 4.78 is 5.29. The molecule has 2 heterocycles. The summed E-state index contributed by atoms with van der Waals surface area (Å²) in [6, 6.07) is 6.95. The van der Waals surface area contributed by atoms with Crippen LogP contribution in [0.2, 0.25) is 0 Å². The molecule has 1 aromatic heterocycles. The first-order valence-electron chi connectivity index (χ1n) is 9.25. The number of anilines is 1. The molecule has 3 rings (SSSR count). The van der Waals surface area contributed by atoms with Crippen molar-refractivity contribution in [2.24, 2.45) is 0 Å². The number of piperidine rings is 1. The normalized spacial score (nSPS) is 15.3. The minimum atomic E-state index is -0.540. The molecular formula is C19H25N5O4. The standard InChI is InChI=1S/C19H25N5O4/c1-19(2,3)28-18(25)21-14-7-10-23(11-8-14)16-5-4-13(12-17(16)24(26)27)15-6-9-20-22-15/h4-6,9,12,14H,7-8,10-11H2,1-3H3,(H,20,22)(H,21,25). The number of aromatic amines is 1. The number of H-pyrrole nitrogens is 1. The molecule has 1 aliphatic heterocycles. The molecule has 1 fully saturated rings. The molecule has 1 aliphatic rings. The van der Waals surface area contributed by atoms with Crippen molar-refractivity contribution in [3.8, 4) is 11.3 Å². The number of hydrogen-bond donors (Lipinski definition) is 2. The molecule has 0 bridgehead atoms. The van der Waals surface area contributed by atoms with Gasteiger partial charge < -0.3 is 15.0 Å². The molecule has 28 heavy (non-hydrogen) atoms. The van der Waals surface area contributed by atoms with Crippen LogP contribution < -0.4 is 10.2 Å². The number of nitro groups is 1. The quantitative estimate of drug-likeness (QED) is 0.613. The molecule has 0 atom stereocenters. The summed E-state index contributed by atoms with van der Waals surface area (Å²) in [5.74, 6) is 0. The number of nitro benzene ring substituents is 1. The summed E-state index contributed by atoms with van der Waals surface area (Å²) in [5, 5.41) is 21.2. The molecule has 0 saturated carbocycles. The van der Waals surface area contributed by atoms with Crippen LogP contribution in [-0.2, 0) is 4.74 Å². The van der Waals surface area contributed by atoms with Gasteiger partial charge in [0, 0.05) is 37.0 Å². The van der Waals surface area contributed by atoms with E-state index in [0.29, 0.717) is 31.6 Å². The lowest BCUT2D eigenvalue weighted by Gasteiger charge is -2.34. The second kappa shape index (κ2) is 7.87. The van der Waals surface area contributed by atoms with Gasteiger partial charge in [0.25, 0.3) is 5.69 Å². The van der Waals surface area contributed by atoms with Crippen LogP contribution in [0.3, 0.4) is 0 Å². The van der Waals surface area contributed by atoms with Crippen molar-refractivity contribution >= 4 is 17.5 Å². The fourth-order valence-electron chi connectivity index (χ4n) is 3.26. The number of aromatic nitrogens is 2. The molecular weight excluding hydrogens is 362 g/mol. The molecule has 9 heteroatoms. The van der Waals surface area contributed by atoms with Crippen molar-refractivity contribution in [3.05, 3.63) is 40.6 Å². The van der Waals surface area contributed by atoms with Crippen LogP contribution in [0.15, 0.2) is 30.5 Å². The molecule has 0 radical (unpaired) electrons. The van der Waals surface area contributed by atoms with Crippen molar-refractivity contribution in [2.45, 2.75) is 45.3 Å². The number of carbonyl (C=O) groups excluding carboxylic acids is 1. The van der Waals surface area contributed by atoms with E-state index in [1.165, 1.54) is 0 Å². The molecule has 1 aromatic carbocycles. The van der Waals surface area contributed by atoms with Crippen LogP contribution in [0.4, 0.5) is 16.2 Å². The lowest BCUT2D eigenvalue weighted by atomic mass is 10.0. The van der Waals surface area contributed by atoms with E-state index in [0.717, 1.165) is 11.3 Å². The number of ether oxygens (including phenoxy) is 1. The highest BCUT2D eigenvalue weighted by Crippen LogP contribution is 2.34. The number of amides is 1. The van der Waals surface area contributed by atoms with Crippen LogP contribution in [0.25, 0.3) is 11.3 Å². The zero-order valence-electron chi connectivity index (χ0n) is 16.3. The van der Waals surface area contributed by atoms with Crippen molar-refractivity contribution in [1.29, 1.82) is 0 Å². The van der Waals surface area contributed by atoms with Crippen LogP contribution in [0, 0.1) is 10.1 Å². The number of carbonyl (C=O) groups is 1. The van der Waals surface area contributed by atoms with E-state index in [9.17, 15) is 14.9 Å². The Balaban J connectivity index is 1.67. The second-order valence-electron chi connectivity index (χ2n) is 7.84. The summed E-state index contributed by atoms with van der Waals surface area (Å²) in [6.45, 7) is 6.69. The third-order valence-corrected chi connectivity index (χ3v) is 4.54. The van der Waals surface area contributed by atoms with Gasteiger partial charge in [-0.15, -0.1) is 0 Å². The predicted octanol–water partition coefficient (Wildman–Crippen LogP) is 3.48. The van der Waals surface area contributed by atoms with Crippen molar-refractivity contribution in [1.82, 2.24) is 15.5 Å². The van der Waals surface area contributed by atoms with Crippen LogP contribution in [0.5, 0.6) is 0 Å². The topological polar surface area (TPSA) is 113 Å². The van der Waals surface area contributed by atoms with Gasteiger partial charge in [-0.25, -0.2) is 4.79 Å². The molecule has 150 valence electrons. The van der Waals surface area contributed by atoms with Gasteiger partial charge in [0.05, 0.1) is 10.6 Å². The Morgan fingerprint density at radius 3 is 2.61 bits per heavy atom. The SMILES string of the molecule is CC(C)(C)OC(=O)NC1CCN(c2ccc(-c3ccn[nH]3)cc2[N+](=O)[O-])CC1. The second-order valence-corrected chi connectivity index (χ2v) is 7.84. The van der Waals surface area contributed by atoms with Crippen molar-refractivity contribution in [2.75, 3.05) is 18.0 Å². The number of alkyl carbamates (subject to hydrolysis) is 1. The average molecular weight is 387 g/mol. The summed E-state index contributed by atoms with van der Waals surface area (Å²) in [7, 11) is 0.